The van der Waals surface area contributed by atoms with Gasteiger partial charge in [-0.1, -0.05) is 23.2 Å². The average Bonchev–Trinajstić information content (AvgIpc) is 2.50. The molecule has 0 heterocycles. The van der Waals surface area contributed by atoms with Gasteiger partial charge in [-0.15, -0.1) is 0 Å². The van der Waals surface area contributed by atoms with Gasteiger partial charge in [0.2, 0.25) is 0 Å². The highest BCUT2D eigenvalue weighted by molar-refractivity contribution is 7.90. The summed E-state index contributed by atoms with van der Waals surface area (Å²) < 4.78 is 33.8. The third kappa shape index (κ3) is 5.61. The molecule has 0 N–H and O–H groups in total. The van der Waals surface area contributed by atoms with E-state index in [0.29, 0.717) is 41.2 Å². The fourth-order valence-corrected chi connectivity index (χ4v) is 2.71. The van der Waals surface area contributed by atoms with Gasteiger partial charge in [0.05, 0.1) is 28.2 Å². The smallest absolute Gasteiger partial charge is 0.175 e. The number of ether oxygens (including phenoxy) is 2. The van der Waals surface area contributed by atoms with Crippen LogP contribution in [0.15, 0.2) is 47.4 Å². The molecule has 0 unspecified atom stereocenters. The minimum atomic E-state index is -3.18. The van der Waals surface area contributed by atoms with Crippen LogP contribution in [-0.2, 0) is 9.84 Å². The van der Waals surface area contributed by atoms with E-state index in [2.05, 4.69) is 0 Å². The van der Waals surface area contributed by atoms with Crippen LogP contribution in [0.1, 0.15) is 6.42 Å². The molecule has 0 aliphatic rings. The lowest BCUT2D eigenvalue weighted by Crippen LogP contribution is -2.05. The topological polar surface area (TPSA) is 52.6 Å². The first kappa shape index (κ1) is 17.9. The van der Waals surface area contributed by atoms with Crippen LogP contribution in [0.4, 0.5) is 0 Å². The normalized spacial score (nSPS) is 11.3. The summed E-state index contributed by atoms with van der Waals surface area (Å²) in [7, 11) is -3.18. The molecule has 0 bridgehead atoms. The first-order valence-corrected chi connectivity index (χ1v) is 9.52. The van der Waals surface area contributed by atoms with E-state index in [9.17, 15) is 8.42 Å². The number of rotatable bonds is 7. The number of hydrogen-bond acceptors (Lipinski definition) is 4. The Morgan fingerprint density at radius 2 is 1.43 bits per heavy atom. The molecule has 0 saturated heterocycles. The zero-order chi connectivity index (χ0) is 16.9. The highest BCUT2D eigenvalue weighted by Crippen LogP contribution is 2.26. The van der Waals surface area contributed by atoms with Gasteiger partial charge < -0.3 is 9.47 Å². The predicted octanol–water partition coefficient (Wildman–Crippen LogP) is 4.24. The van der Waals surface area contributed by atoms with Crippen molar-refractivity contribution in [1.82, 2.24) is 0 Å². The summed E-state index contributed by atoms with van der Waals surface area (Å²) in [6.45, 7) is 0.929. The van der Waals surface area contributed by atoms with Crippen molar-refractivity contribution in [2.24, 2.45) is 0 Å². The van der Waals surface area contributed by atoms with Crippen LogP contribution in [0.25, 0.3) is 0 Å². The summed E-state index contributed by atoms with van der Waals surface area (Å²) in [6, 6.07) is 11.4. The number of sulfone groups is 1. The molecule has 2 aromatic carbocycles. The van der Waals surface area contributed by atoms with Crippen molar-refractivity contribution in [3.05, 3.63) is 52.5 Å². The Balaban J connectivity index is 1.74. The fraction of sp³-hybridized carbons (Fsp3) is 0.250. The van der Waals surface area contributed by atoms with Crippen molar-refractivity contribution in [2.45, 2.75) is 11.3 Å². The lowest BCUT2D eigenvalue weighted by atomic mass is 10.3. The summed E-state index contributed by atoms with van der Waals surface area (Å²) in [6.07, 6.45) is 1.84. The van der Waals surface area contributed by atoms with Crippen LogP contribution in [0, 0.1) is 0 Å². The standard InChI is InChI=1S/C16H16Cl2O4S/c1-23(19,20)14-6-3-12(4-7-14)21-9-2-10-22-13-5-8-15(17)16(18)11-13/h3-8,11H,2,9-10H2,1H3. The van der Waals surface area contributed by atoms with Crippen molar-refractivity contribution >= 4 is 33.0 Å². The quantitative estimate of drug-likeness (QED) is 0.679. The van der Waals surface area contributed by atoms with Gasteiger partial charge in [0.1, 0.15) is 11.5 Å². The first-order valence-electron chi connectivity index (χ1n) is 6.87. The van der Waals surface area contributed by atoms with Gasteiger partial charge in [0, 0.05) is 18.7 Å². The van der Waals surface area contributed by atoms with Gasteiger partial charge in [-0.2, -0.15) is 0 Å². The molecule has 23 heavy (non-hydrogen) atoms. The van der Waals surface area contributed by atoms with E-state index < -0.39 is 9.84 Å². The molecular formula is C16H16Cl2O4S. The van der Waals surface area contributed by atoms with Crippen LogP contribution in [-0.4, -0.2) is 27.9 Å². The molecule has 0 saturated carbocycles. The molecule has 0 radical (unpaired) electrons. The van der Waals surface area contributed by atoms with Gasteiger partial charge in [-0.3, -0.25) is 0 Å². The Kier molecular flexibility index (Phi) is 6.16. The summed E-state index contributed by atoms with van der Waals surface area (Å²) >= 11 is 11.7. The first-order chi connectivity index (χ1) is 10.9. The molecular weight excluding hydrogens is 359 g/mol. The molecule has 0 amide bonds. The Morgan fingerprint density at radius 1 is 0.870 bits per heavy atom. The Hall–Kier alpha value is -1.43. The molecule has 0 spiro atoms. The van der Waals surface area contributed by atoms with Crippen molar-refractivity contribution < 1.29 is 17.9 Å². The highest BCUT2D eigenvalue weighted by atomic mass is 35.5. The molecule has 2 rings (SSSR count). The SMILES string of the molecule is CS(=O)(=O)c1ccc(OCCCOc2ccc(Cl)c(Cl)c2)cc1. The molecule has 0 aromatic heterocycles. The second-order valence-corrected chi connectivity index (χ2v) is 7.70. The summed E-state index contributed by atoms with van der Waals surface area (Å²) in [5.74, 6) is 1.27. The van der Waals surface area contributed by atoms with Crippen molar-refractivity contribution in [2.75, 3.05) is 19.5 Å². The maximum Gasteiger partial charge on any atom is 0.175 e. The summed E-state index contributed by atoms with van der Waals surface area (Å²) in [5, 5.41) is 0.936. The largest absolute Gasteiger partial charge is 0.493 e. The Labute approximate surface area is 145 Å². The van der Waals surface area contributed by atoms with E-state index in [4.69, 9.17) is 32.7 Å². The van der Waals surface area contributed by atoms with Crippen molar-refractivity contribution in [3.8, 4) is 11.5 Å². The van der Waals surface area contributed by atoms with Crippen LogP contribution in [0.5, 0.6) is 11.5 Å². The minimum absolute atomic E-state index is 0.271. The van der Waals surface area contributed by atoms with Gasteiger partial charge in [-0.05, 0) is 36.4 Å². The average molecular weight is 375 g/mol. The van der Waals surface area contributed by atoms with Gasteiger partial charge in [-0.25, -0.2) is 8.42 Å². The van der Waals surface area contributed by atoms with E-state index in [-0.39, 0.29) is 4.90 Å². The van der Waals surface area contributed by atoms with Crippen LogP contribution < -0.4 is 9.47 Å². The molecule has 0 atom stereocenters. The maximum absolute atomic E-state index is 11.3. The zero-order valence-corrected chi connectivity index (χ0v) is 14.8. The molecule has 4 nitrogen and oxygen atoms in total. The Morgan fingerprint density at radius 3 is 2.00 bits per heavy atom. The maximum atomic E-state index is 11.3. The number of benzene rings is 2. The monoisotopic (exact) mass is 374 g/mol. The van der Waals surface area contributed by atoms with E-state index >= 15 is 0 Å². The lowest BCUT2D eigenvalue weighted by molar-refractivity contribution is 0.247. The second kappa shape index (κ2) is 7.90. The molecule has 0 aliphatic carbocycles. The molecule has 7 heteroatoms. The zero-order valence-electron chi connectivity index (χ0n) is 12.5. The third-order valence-corrected chi connectivity index (χ3v) is 4.84. The van der Waals surface area contributed by atoms with Crippen molar-refractivity contribution in [1.29, 1.82) is 0 Å². The van der Waals surface area contributed by atoms with Gasteiger partial charge >= 0.3 is 0 Å². The third-order valence-electron chi connectivity index (χ3n) is 2.97. The summed E-state index contributed by atoms with van der Waals surface area (Å²) in [4.78, 5) is 0.271. The number of hydrogen-bond donors (Lipinski definition) is 0. The second-order valence-electron chi connectivity index (χ2n) is 4.87. The molecule has 2 aromatic rings. The molecule has 124 valence electrons. The predicted molar refractivity (Wildman–Crippen MR) is 91.6 cm³/mol. The molecule has 0 aliphatic heterocycles. The van der Waals surface area contributed by atoms with Crippen molar-refractivity contribution in [3.63, 3.8) is 0 Å². The Bertz CT molecular complexity index is 758. The lowest BCUT2D eigenvalue weighted by Gasteiger charge is -2.09. The molecule has 0 fully saturated rings. The highest BCUT2D eigenvalue weighted by Gasteiger charge is 2.06. The van der Waals surface area contributed by atoms with E-state index in [1.54, 1.807) is 30.3 Å². The van der Waals surface area contributed by atoms with Gasteiger partial charge in [0.15, 0.2) is 9.84 Å². The number of halogens is 2. The van der Waals surface area contributed by atoms with E-state index in [0.717, 1.165) is 0 Å². The summed E-state index contributed by atoms with van der Waals surface area (Å²) in [5.41, 5.74) is 0. The van der Waals surface area contributed by atoms with Crippen LogP contribution in [0.2, 0.25) is 10.0 Å². The van der Waals surface area contributed by atoms with Crippen LogP contribution in [0.3, 0.4) is 0 Å². The van der Waals surface area contributed by atoms with Crippen LogP contribution >= 0.6 is 23.2 Å². The van der Waals surface area contributed by atoms with Gasteiger partial charge in [0.25, 0.3) is 0 Å². The van der Waals surface area contributed by atoms with E-state index in [1.807, 2.05) is 0 Å². The fourth-order valence-electron chi connectivity index (χ4n) is 1.79. The van der Waals surface area contributed by atoms with E-state index in [1.165, 1.54) is 18.4 Å². The minimum Gasteiger partial charge on any atom is -0.493 e.